The summed E-state index contributed by atoms with van der Waals surface area (Å²) in [6, 6.07) is 3.69. The highest BCUT2D eigenvalue weighted by Gasteiger charge is 2.48. The molecule has 1 fully saturated rings. The summed E-state index contributed by atoms with van der Waals surface area (Å²) in [5, 5.41) is 30.6. The van der Waals surface area contributed by atoms with Crippen LogP contribution in [0.1, 0.15) is 23.5 Å². The first kappa shape index (κ1) is 13.1. The van der Waals surface area contributed by atoms with Crippen LogP contribution in [0.4, 0.5) is 0 Å². The molecule has 3 aliphatic rings. The van der Waals surface area contributed by atoms with Crippen molar-refractivity contribution in [3.63, 3.8) is 0 Å². The van der Waals surface area contributed by atoms with E-state index in [0.29, 0.717) is 5.75 Å². The van der Waals surface area contributed by atoms with Gasteiger partial charge in [0.25, 0.3) is 0 Å². The van der Waals surface area contributed by atoms with Crippen molar-refractivity contribution >= 4 is 0 Å². The van der Waals surface area contributed by atoms with Crippen molar-refractivity contribution in [2.24, 2.45) is 0 Å². The number of methoxy groups -OCH3 is 1. The number of nitrogens with zero attached hydrogens (tertiary/aromatic N) is 1. The highest BCUT2D eigenvalue weighted by molar-refractivity contribution is 5.52. The second kappa shape index (κ2) is 4.47. The van der Waals surface area contributed by atoms with Gasteiger partial charge in [-0.1, -0.05) is 11.6 Å². The van der Waals surface area contributed by atoms with Crippen LogP contribution in [0.2, 0.25) is 0 Å². The molecule has 5 heteroatoms. The standard InChI is InChI=1S/C16H19NO4/c1-21-13-6-10-9(5-11(13)18)7-17-3-2-8-4-12(19)16(20)14(10)15(8)17/h4-6,12,14-16,18-20H,2-3,7H2,1H3/t12-,14-,15+,16+/m0/s1. The summed E-state index contributed by atoms with van der Waals surface area (Å²) in [5.74, 6) is 0.370. The topological polar surface area (TPSA) is 73.2 Å². The second-order valence-electron chi connectivity index (χ2n) is 6.14. The molecular formula is C16H19NO4. The molecule has 4 rings (SSSR count). The van der Waals surface area contributed by atoms with Crippen molar-refractivity contribution in [3.8, 4) is 11.5 Å². The number of benzene rings is 1. The van der Waals surface area contributed by atoms with Crippen LogP contribution in [0.15, 0.2) is 23.8 Å². The zero-order chi connectivity index (χ0) is 14.7. The monoisotopic (exact) mass is 289 g/mol. The van der Waals surface area contributed by atoms with E-state index >= 15 is 0 Å². The van der Waals surface area contributed by atoms with E-state index in [1.165, 1.54) is 12.7 Å². The van der Waals surface area contributed by atoms with Crippen molar-refractivity contribution in [3.05, 3.63) is 34.9 Å². The van der Waals surface area contributed by atoms with Gasteiger partial charge in [0.05, 0.1) is 19.3 Å². The molecule has 0 bridgehead atoms. The molecule has 4 atom stereocenters. The number of ether oxygens (including phenoxy) is 1. The maximum Gasteiger partial charge on any atom is 0.160 e. The molecular weight excluding hydrogens is 270 g/mol. The lowest BCUT2D eigenvalue weighted by Crippen LogP contribution is -2.49. The number of phenols is 1. The van der Waals surface area contributed by atoms with Gasteiger partial charge in [0, 0.05) is 25.0 Å². The van der Waals surface area contributed by atoms with Crippen LogP contribution in [-0.2, 0) is 6.54 Å². The van der Waals surface area contributed by atoms with Crippen molar-refractivity contribution in [2.45, 2.75) is 37.1 Å². The molecule has 0 unspecified atom stereocenters. The fourth-order valence-corrected chi connectivity index (χ4v) is 4.14. The van der Waals surface area contributed by atoms with Crippen molar-refractivity contribution in [1.82, 2.24) is 4.90 Å². The average molecular weight is 289 g/mol. The average Bonchev–Trinajstić information content (AvgIpc) is 2.85. The minimum atomic E-state index is -0.827. The molecule has 1 aliphatic carbocycles. The predicted octanol–water partition coefficient (Wildman–Crippen LogP) is 0.734. The van der Waals surface area contributed by atoms with Gasteiger partial charge in [0.2, 0.25) is 0 Å². The summed E-state index contributed by atoms with van der Waals surface area (Å²) < 4.78 is 5.20. The number of aliphatic hydroxyl groups excluding tert-OH is 2. The molecule has 0 spiro atoms. The number of rotatable bonds is 1. The number of aliphatic hydroxyl groups is 2. The largest absolute Gasteiger partial charge is 0.504 e. The molecule has 5 nitrogen and oxygen atoms in total. The van der Waals surface area contributed by atoms with E-state index in [9.17, 15) is 15.3 Å². The molecule has 0 amide bonds. The van der Waals surface area contributed by atoms with E-state index < -0.39 is 12.2 Å². The molecule has 0 aromatic heterocycles. The molecule has 3 N–H and O–H groups in total. The van der Waals surface area contributed by atoms with Crippen LogP contribution in [-0.4, -0.2) is 52.1 Å². The van der Waals surface area contributed by atoms with Crippen LogP contribution >= 0.6 is 0 Å². The van der Waals surface area contributed by atoms with Gasteiger partial charge in [-0.2, -0.15) is 0 Å². The van der Waals surface area contributed by atoms with Gasteiger partial charge in [0.15, 0.2) is 11.5 Å². The van der Waals surface area contributed by atoms with Crippen molar-refractivity contribution in [2.75, 3.05) is 13.7 Å². The number of fused-ring (bicyclic) bond motifs is 2. The molecule has 21 heavy (non-hydrogen) atoms. The van der Waals surface area contributed by atoms with E-state index in [-0.39, 0.29) is 17.7 Å². The molecule has 1 aromatic rings. The highest BCUT2D eigenvalue weighted by Crippen LogP contribution is 2.48. The Hall–Kier alpha value is -1.56. The molecule has 1 saturated heterocycles. The van der Waals surface area contributed by atoms with Crippen LogP contribution in [0.3, 0.4) is 0 Å². The van der Waals surface area contributed by atoms with Gasteiger partial charge in [-0.05, 0) is 29.7 Å². The van der Waals surface area contributed by atoms with Gasteiger partial charge < -0.3 is 20.1 Å². The first-order chi connectivity index (χ1) is 10.1. The summed E-state index contributed by atoms with van der Waals surface area (Å²) in [7, 11) is 1.52. The predicted molar refractivity (Wildman–Crippen MR) is 76.3 cm³/mol. The number of phenolic OH excluding ortho intramolecular Hbond substituents is 1. The first-order valence-corrected chi connectivity index (χ1v) is 7.30. The third-order valence-electron chi connectivity index (χ3n) is 5.08. The Kier molecular flexibility index (Phi) is 2.79. The van der Waals surface area contributed by atoms with Gasteiger partial charge in [-0.25, -0.2) is 0 Å². The quantitative estimate of drug-likeness (QED) is 0.665. The van der Waals surface area contributed by atoms with E-state index in [2.05, 4.69) is 4.90 Å². The van der Waals surface area contributed by atoms with E-state index in [4.69, 9.17) is 4.74 Å². The Morgan fingerprint density at radius 1 is 1.29 bits per heavy atom. The molecule has 1 aromatic carbocycles. The Morgan fingerprint density at radius 2 is 2.10 bits per heavy atom. The summed E-state index contributed by atoms with van der Waals surface area (Å²) >= 11 is 0. The van der Waals surface area contributed by atoms with Crippen molar-refractivity contribution < 1.29 is 20.1 Å². The lowest BCUT2D eigenvalue weighted by molar-refractivity contribution is -0.00163. The second-order valence-corrected chi connectivity index (χ2v) is 6.14. The lowest BCUT2D eigenvalue weighted by Gasteiger charge is -2.44. The lowest BCUT2D eigenvalue weighted by atomic mass is 9.73. The smallest absolute Gasteiger partial charge is 0.160 e. The van der Waals surface area contributed by atoms with Crippen LogP contribution in [0.5, 0.6) is 11.5 Å². The van der Waals surface area contributed by atoms with Crippen LogP contribution < -0.4 is 4.74 Å². The zero-order valence-electron chi connectivity index (χ0n) is 11.9. The Morgan fingerprint density at radius 3 is 2.86 bits per heavy atom. The minimum Gasteiger partial charge on any atom is -0.504 e. The van der Waals surface area contributed by atoms with Gasteiger partial charge in [-0.3, -0.25) is 4.90 Å². The molecule has 2 heterocycles. The van der Waals surface area contributed by atoms with E-state index in [0.717, 1.165) is 30.6 Å². The fourth-order valence-electron chi connectivity index (χ4n) is 4.14. The molecule has 0 radical (unpaired) electrons. The first-order valence-electron chi connectivity index (χ1n) is 7.30. The van der Waals surface area contributed by atoms with E-state index in [1.807, 2.05) is 12.1 Å². The zero-order valence-corrected chi connectivity index (χ0v) is 11.9. The minimum absolute atomic E-state index is 0.121. The third-order valence-corrected chi connectivity index (χ3v) is 5.08. The maximum absolute atomic E-state index is 10.5. The third kappa shape index (κ3) is 1.75. The van der Waals surface area contributed by atoms with E-state index in [1.54, 1.807) is 6.07 Å². The molecule has 2 aliphatic heterocycles. The Labute approximate surface area is 123 Å². The number of hydrogen-bond donors (Lipinski definition) is 3. The number of hydrogen-bond acceptors (Lipinski definition) is 5. The SMILES string of the molecule is COc1cc2c(cc1O)CN1CCC3=C[C@H](O)[C@@H](O)[C@@H]2[C@@H]31. The van der Waals surface area contributed by atoms with Gasteiger partial charge in [-0.15, -0.1) is 0 Å². The fraction of sp³-hybridized carbons (Fsp3) is 0.500. The van der Waals surface area contributed by atoms with Crippen molar-refractivity contribution in [1.29, 1.82) is 0 Å². The molecule has 112 valence electrons. The summed E-state index contributed by atoms with van der Waals surface area (Å²) in [6.45, 7) is 1.69. The molecule has 0 saturated carbocycles. The highest BCUT2D eigenvalue weighted by atomic mass is 16.5. The van der Waals surface area contributed by atoms with Crippen LogP contribution in [0.25, 0.3) is 0 Å². The summed E-state index contributed by atoms with van der Waals surface area (Å²) in [6.07, 6.45) is 1.09. The Bertz CT molecular complexity index is 627. The van der Waals surface area contributed by atoms with Crippen LogP contribution in [0, 0.1) is 0 Å². The number of aromatic hydroxyl groups is 1. The van der Waals surface area contributed by atoms with Gasteiger partial charge in [0.1, 0.15) is 0 Å². The maximum atomic E-state index is 10.5. The summed E-state index contributed by atoms with van der Waals surface area (Å²) in [4.78, 5) is 2.32. The normalized spacial score (nSPS) is 34.1. The van der Waals surface area contributed by atoms with Gasteiger partial charge >= 0.3 is 0 Å². The summed E-state index contributed by atoms with van der Waals surface area (Å²) in [5.41, 5.74) is 3.20. The Balaban J connectivity index is 1.89.